The molecule has 2 saturated carbocycles. The molecule has 0 saturated heterocycles. The molecular weight excluding hydrogens is 336 g/mol. The van der Waals surface area contributed by atoms with Gasteiger partial charge in [-0.1, -0.05) is 32.9 Å². The Bertz CT molecular complexity index is 581. The molecule has 0 radical (unpaired) electrons. The fourth-order valence-electron chi connectivity index (χ4n) is 4.80. The molecule has 2 fully saturated rings. The largest absolute Gasteiger partial charge is 0.467 e. The van der Waals surface area contributed by atoms with Crippen LogP contribution in [0.4, 0.5) is 0 Å². The van der Waals surface area contributed by atoms with Gasteiger partial charge in [0.1, 0.15) is 0 Å². The standard InChI is InChI=1S/C19H32O5Si/c1-18(2,3)25(5,6)24-13-10-19(22,17(21)23-4)16(20)15-12-8-7-11(9-12)14(13)15/h7-8,11-16,20,22H,9-10H2,1-6H3/t11-,12+,13?,14?,15?,16?,19+/m1/s1. The fourth-order valence-corrected chi connectivity index (χ4v) is 6.16. The number of ether oxygens (including phenoxy) is 1. The van der Waals surface area contributed by atoms with Crippen LogP contribution in [0.15, 0.2) is 12.2 Å². The van der Waals surface area contributed by atoms with Gasteiger partial charge in [0, 0.05) is 12.3 Å². The molecule has 4 unspecified atom stereocenters. The summed E-state index contributed by atoms with van der Waals surface area (Å²) in [5.41, 5.74) is -1.89. The van der Waals surface area contributed by atoms with Crippen molar-refractivity contribution in [3.05, 3.63) is 12.2 Å². The molecule has 0 aliphatic heterocycles. The van der Waals surface area contributed by atoms with Gasteiger partial charge >= 0.3 is 5.97 Å². The minimum atomic E-state index is -2.08. The first-order chi connectivity index (χ1) is 11.4. The number of esters is 1. The van der Waals surface area contributed by atoms with E-state index in [1.54, 1.807) is 0 Å². The molecule has 2 bridgehead atoms. The molecule has 7 atom stereocenters. The average molecular weight is 369 g/mol. The molecule has 3 rings (SSSR count). The van der Waals surface area contributed by atoms with E-state index >= 15 is 0 Å². The molecular formula is C19H32O5Si. The highest BCUT2D eigenvalue weighted by Crippen LogP contribution is 2.57. The summed E-state index contributed by atoms with van der Waals surface area (Å²) in [7, 11) is -0.825. The van der Waals surface area contributed by atoms with E-state index in [1.807, 2.05) is 0 Å². The number of hydrogen-bond acceptors (Lipinski definition) is 5. The summed E-state index contributed by atoms with van der Waals surface area (Å²) in [5.74, 6) is -0.186. The number of carbonyl (C=O) groups excluding carboxylic acids is 1. The van der Waals surface area contributed by atoms with Crippen LogP contribution in [-0.4, -0.2) is 49.4 Å². The van der Waals surface area contributed by atoms with Gasteiger partial charge in [0.25, 0.3) is 0 Å². The number of aliphatic hydroxyl groups is 2. The van der Waals surface area contributed by atoms with Crippen LogP contribution in [0.3, 0.4) is 0 Å². The van der Waals surface area contributed by atoms with Crippen molar-refractivity contribution in [2.75, 3.05) is 7.11 Å². The van der Waals surface area contributed by atoms with Crippen LogP contribution in [0.25, 0.3) is 0 Å². The lowest BCUT2D eigenvalue weighted by Crippen LogP contribution is -2.64. The zero-order chi connectivity index (χ0) is 18.8. The normalized spacial score (nSPS) is 43.2. The van der Waals surface area contributed by atoms with Crippen molar-refractivity contribution in [1.82, 2.24) is 0 Å². The third-order valence-corrected chi connectivity index (χ3v) is 11.7. The summed E-state index contributed by atoms with van der Waals surface area (Å²) in [5, 5.41) is 21.9. The van der Waals surface area contributed by atoms with E-state index in [9.17, 15) is 15.0 Å². The lowest BCUT2D eigenvalue weighted by Gasteiger charge is -2.51. The summed E-state index contributed by atoms with van der Waals surface area (Å²) in [6, 6.07) is 0. The van der Waals surface area contributed by atoms with E-state index in [2.05, 4.69) is 46.0 Å². The molecule has 0 aromatic heterocycles. The zero-order valence-electron chi connectivity index (χ0n) is 16.2. The van der Waals surface area contributed by atoms with Crippen molar-refractivity contribution in [3.63, 3.8) is 0 Å². The summed E-state index contributed by atoms with van der Waals surface area (Å²) in [6.45, 7) is 10.9. The molecule has 0 aromatic rings. The van der Waals surface area contributed by atoms with Crippen LogP contribution in [0.5, 0.6) is 0 Å². The van der Waals surface area contributed by atoms with E-state index in [0.29, 0.717) is 5.92 Å². The highest BCUT2D eigenvalue weighted by Gasteiger charge is 2.64. The monoisotopic (exact) mass is 368 g/mol. The number of methoxy groups -OCH3 is 1. The number of fused-ring (bicyclic) bond motifs is 5. The van der Waals surface area contributed by atoms with Crippen LogP contribution in [0.1, 0.15) is 33.6 Å². The van der Waals surface area contributed by atoms with Crippen molar-refractivity contribution in [2.24, 2.45) is 23.7 Å². The van der Waals surface area contributed by atoms with Crippen LogP contribution in [0.2, 0.25) is 18.1 Å². The van der Waals surface area contributed by atoms with E-state index in [0.717, 1.165) is 6.42 Å². The number of aliphatic hydroxyl groups excluding tert-OH is 1. The Balaban J connectivity index is 1.96. The average Bonchev–Trinajstić information content (AvgIpc) is 3.11. The first-order valence-electron chi connectivity index (χ1n) is 9.27. The highest BCUT2D eigenvalue weighted by atomic mass is 28.4. The maximum Gasteiger partial charge on any atom is 0.340 e. The van der Waals surface area contributed by atoms with Gasteiger partial charge < -0.3 is 19.4 Å². The fraction of sp³-hybridized carbons (Fsp3) is 0.842. The molecule has 142 valence electrons. The third kappa shape index (κ3) is 2.82. The van der Waals surface area contributed by atoms with Gasteiger partial charge in [0.2, 0.25) is 0 Å². The number of rotatable bonds is 3. The van der Waals surface area contributed by atoms with Crippen LogP contribution >= 0.6 is 0 Å². The molecule has 0 aromatic carbocycles. The number of allylic oxidation sites excluding steroid dienone is 2. The number of hydrogen-bond donors (Lipinski definition) is 2. The maximum absolute atomic E-state index is 12.3. The molecule has 6 heteroatoms. The summed E-state index contributed by atoms with van der Waals surface area (Å²) >= 11 is 0. The van der Waals surface area contributed by atoms with Crippen molar-refractivity contribution in [2.45, 2.75) is 69.6 Å². The Morgan fingerprint density at radius 2 is 1.76 bits per heavy atom. The van der Waals surface area contributed by atoms with E-state index in [4.69, 9.17) is 9.16 Å². The lowest BCUT2D eigenvalue weighted by atomic mass is 9.64. The molecule has 0 amide bonds. The van der Waals surface area contributed by atoms with Gasteiger partial charge in [-0.05, 0) is 42.3 Å². The van der Waals surface area contributed by atoms with Gasteiger partial charge in [0.05, 0.1) is 19.3 Å². The molecule has 25 heavy (non-hydrogen) atoms. The van der Waals surface area contributed by atoms with Crippen molar-refractivity contribution in [1.29, 1.82) is 0 Å². The van der Waals surface area contributed by atoms with Gasteiger partial charge in [-0.15, -0.1) is 0 Å². The first-order valence-corrected chi connectivity index (χ1v) is 12.2. The van der Waals surface area contributed by atoms with Crippen LogP contribution in [-0.2, 0) is 14.0 Å². The van der Waals surface area contributed by atoms with E-state index < -0.39 is 26.0 Å². The molecule has 0 spiro atoms. The van der Waals surface area contributed by atoms with Gasteiger partial charge in [-0.2, -0.15) is 0 Å². The summed E-state index contributed by atoms with van der Waals surface area (Å²) in [6.07, 6.45) is 4.08. The first kappa shape index (κ1) is 19.1. The number of carbonyl (C=O) groups is 1. The van der Waals surface area contributed by atoms with E-state index in [1.165, 1.54) is 7.11 Å². The second kappa shape index (κ2) is 5.91. The Morgan fingerprint density at radius 3 is 2.28 bits per heavy atom. The maximum atomic E-state index is 12.3. The molecule has 3 aliphatic carbocycles. The molecule has 3 aliphatic rings. The van der Waals surface area contributed by atoms with Crippen molar-refractivity contribution >= 4 is 14.3 Å². The minimum absolute atomic E-state index is 0.0371. The second-order valence-electron chi connectivity index (χ2n) is 9.58. The Morgan fingerprint density at radius 1 is 1.20 bits per heavy atom. The molecule has 0 heterocycles. The Hall–Kier alpha value is -0.693. The predicted octanol–water partition coefficient (Wildman–Crippen LogP) is 2.48. The summed E-state index contributed by atoms with van der Waals surface area (Å²) in [4.78, 5) is 12.3. The van der Waals surface area contributed by atoms with Crippen molar-refractivity contribution in [3.8, 4) is 0 Å². The smallest absolute Gasteiger partial charge is 0.340 e. The van der Waals surface area contributed by atoms with Crippen molar-refractivity contribution < 1.29 is 24.2 Å². The van der Waals surface area contributed by atoms with E-state index in [-0.39, 0.29) is 35.3 Å². The molecule has 2 N–H and O–H groups in total. The predicted molar refractivity (Wildman–Crippen MR) is 97.4 cm³/mol. The van der Waals surface area contributed by atoms with Gasteiger partial charge in [-0.3, -0.25) is 0 Å². The lowest BCUT2D eigenvalue weighted by molar-refractivity contribution is -0.205. The second-order valence-corrected chi connectivity index (χ2v) is 14.3. The van der Waals surface area contributed by atoms with Gasteiger partial charge in [0.15, 0.2) is 13.9 Å². The topological polar surface area (TPSA) is 76.0 Å². The quantitative estimate of drug-likeness (QED) is 0.455. The SMILES string of the molecule is COC(=O)[C@]1(O)CC(O[Si](C)(C)C(C)(C)C)C2C(C1O)[C@H]1C=C[C@@H]2C1. The van der Waals surface area contributed by atoms with Gasteiger partial charge in [-0.25, -0.2) is 4.79 Å². The molecule has 5 nitrogen and oxygen atoms in total. The van der Waals surface area contributed by atoms with Crippen LogP contribution < -0.4 is 0 Å². The zero-order valence-corrected chi connectivity index (χ0v) is 17.2. The minimum Gasteiger partial charge on any atom is -0.467 e. The van der Waals surface area contributed by atoms with Crippen LogP contribution in [0, 0.1) is 23.7 Å². The Labute approximate surface area is 151 Å². The third-order valence-electron chi connectivity index (χ3n) is 7.17. The Kier molecular flexibility index (Phi) is 4.51. The summed E-state index contributed by atoms with van der Waals surface area (Å²) < 4.78 is 11.5. The highest BCUT2D eigenvalue weighted by molar-refractivity contribution is 6.74.